The molecule has 0 heterocycles. The molecule has 0 aliphatic carbocycles. The van der Waals surface area contributed by atoms with E-state index in [0.29, 0.717) is 25.7 Å². The molecule has 0 aliphatic heterocycles. The number of rotatable bonds is 7. The van der Waals surface area contributed by atoms with Gasteiger partial charge < -0.3 is 10.5 Å². The molecule has 5 heteroatoms. The zero-order chi connectivity index (χ0) is 10.8. The number of nitrogens with one attached hydrogen (secondary N) is 1. The van der Waals surface area contributed by atoms with Crippen LogP contribution in [-0.4, -0.2) is 25.9 Å². The summed E-state index contributed by atoms with van der Waals surface area (Å²) in [5, 5.41) is 0. The monoisotopic (exact) mass is 204 g/mol. The van der Waals surface area contributed by atoms with Gasteiger partial charge in [-0.05, 0) is 25.3 Å². The first-order valence-corrected chi connectivity index (χ1v) is 4.91. The lowest BCUT2D eigenvalue weighted by atomic mass is 10.2. The Morgan fingerprint density at radius 1 is 1.43 bits per heavy atom. The van der Waals surface area contributed by atoms with Crippen LogP contribution in [-0.2, 0) is 9.57 Å². The van der Waals surface area contributed by atoms with E-state index in [1.807, 2.05) is 13.8 Å². The minimum Gasteiger partial charge on any atom is -0.448 e. The Labute approximate surface area is 84.9 Å². The molecule has 1 amide bonds. The number of amides is 1. The van der Waals surface area contributed by atoms with Crippen molar-refractivity contribution in [2.75, 3.05) is 19.8 Å². The quantitative estimate of drug-likeness (QED) is 0.480. The Kier molecular flexibility index (Phi) is 8.27. The van der Waals surface area contributed by atoms with Crippen molar-refractivity contribution in [1.29, 1.82) is 0 Å². The second kappa shape index (κ2) is 8.77. The molecule has 0 saturated carbocycles. The van der Waals surface area contributed by atoms with Crippen molar-refractivity contribution in [3.05, 3.63) is 0 Å². The van der Waals surface area contributed by atoms with Crippen molar-refractivity contribution in [3.63, 3.8) is 0 Å². The molecular weight excluding hydrogens is 184 g/mol. The van der Waals surface area contributed by atoms with Crippen LogP contribution in [0, 0.1) is 5.92 Å². The molecule has 84 valence electrons. The minimum absolute atomic E-state index is 0.331. The van der Waals surface area contributed by atoms with Crippen molar-refractivity contribution in [3.8, 4) is 0 Å². The number of hydroxylamine groups is 1. The van der Waals surface area contributed by atoms with Gasteiger partial charge in [-0.1, -0.05) is 13.8 Å². The number of hydrogen-bond acceptors (Lipinski definition) is 4. The molecule has 0 aliphatic rings. The van der Waals surface area contributed by atoms with Gasteiger partial charge in [0.1, 0.15) is 0 Å². The van der Waals surface area contributed by atoms with Gasteiger partial charge in [-0.3, -0.25) is 4.84 Å². The molecule has 0 aromatic rings. The van der Waals surface area contributed by atoms with Crippen LogP contribution >= 0.6 is 0 Å². The summed E-state index contributed by atoms with van der Waals surface area (Å²) >= 11 is 0. The van der Waals surface area contributed by atoms with Crippen LogP contribution < -0.4 is 11.2 Å². The highest BCUT2D eigenvalue weighted by Gasteiger charge is 2.02. The van der Waals surface area contributed by atoms with Crippen LogP contribution in [0.1, 0.15) is 26.7 Å². The van der Waals surface area contributed by atoms with E-state index in [0.717, 1.165) is 12.8 Å². The normalized spacial score (nSPS) is 10.3. The van der Waals surface area contributed by atoms with Crippen LogP contribution in [0.5, 0.6) is 0 Å². The summed E-state index contributed by atoms with van der Waals surface area (Å²) in [5.41, 5.74) is 7.48. The largest absolute Gasteiger partial charge is 0.448 e. The maximum absolute atomic E-state index is 10.9. The van der Waals surface area contributed by atoms with Crippen molar-refractivity contribution < 1.29 is 14.4 Å². The Bertz CT molecular complexity index is 151. The predicted octanol–water partition coefficient (Wildman–Crippen LogP) is 1.04. The maximum atomic E-state index is 10.9. The first-order valence-electron chi connectivity index (χ1n) is 4.91. The molecule has 0 spiro atoms. The van der Waals surface area contributed by atoms with Crippen molar-refractivity contribution >= 4 is 6.09 Å². The Morgan fingerprint density at radius 3 is 2.71 bits per heavy atom. The van der Waals surface area contributed by atoms with Gasteiger partial charge in [0.25, 0.3) is 0 Å². The lowest BCUT2D eigenvalue weighted by molar-refractivity contribution is 0.0232. The van der Waals surface area contributed by atoms with Crippen LogP contribution in [0.15, 0.2) is 0 Å². The van der Waals surface area contributed by atoms with E-state index in [4.69, 9.17) is 15.3 Å². The van der Waals surface area contributed by atoms with Crippen molar-refractivity contribution in [2.45, 2.75) is 26.7 Å². The summed E-state index contributed by atoms with van der Waals surface area (Å²) in [5.74, 6) is 0.331. The first kappa shape index (κ1) is 13.2. The average Bonchev–Trinajstić information content (AvgIpc) is 2.14. The van der Waals surface area contributed by atoms with Crippen LogP contribution in [0.4, 0.5) is 4.79 Å². The number of ether oxygens (including phenoxy) is 1. The summed E-state index contributed by atoms with van der Waals surface area (Å²) in [4.78, 5) is 15.7. The van der Waals surface area contributed by atoms with Gasteiger partial charge in [-0.2, -0.15) is 5.48 Å². The molecule has 3 N–H and O–H groups in total. The fourth-order valence-electron chi connectivity index (χ4n) is 0.700. The van der Waals surface area contributed by atoms with E-state index in [1.54, 1.807) is 0 Å². The number of carbonyl (C=O) groups is 1. The molecule has 0 radical (unpaired) electrons. The smallest absolute Gasteiger partial charge is 0.431 e. The zero-order valence-corrected chi connectivity index (χ0v) is 8.91. The third kappa shape index (κ3) is 9.28. The average molecular weight is 204 g/mol. The van der Waals surface area contributed by atoms with Crippen LogP contribution in [0.25, 0.3) is 0 Å². The molecule has 0 saturated heterocycles. The van der Waals surface area contributed by atoms with E-state index in [9.17, 15) is 4.79 Å². The summed E-state index contributed by atoms with van der Waals surface area (Å²) in [6.45, 7) is 5.44. The Balaban J connectivity index is 3.18. The lowest BCUT2D eigenvalue weighted by Crippen LogP contribution is -2.26. The molecule has 0 atom stereocenters. The fraction of sp³-hybridized carbons (Fsp3) is 0.889. The molecule has 0 aromatic carbocycles. The fourth-order valence-corrected chi connectivity index (χ4v) is 0.700. The van der Waals surface area contributed by atoms with Gasteiger partial charge in [0.15, 0.2) is 0 Å². The first-order chi connectivity index (χ1) is 6.66. The third-order valence-electron chi connectivity index (χ3n) is 1.40. The van der Waals surface area contributed by atoms with Crippen LogP contribution in [0.2, 0.25) is 0 Å². The number of hydrogen-bond donors (Lipinski definition) is 2. The third-order valence-corrected chi connectivity index (χ3v) is 1.40. The number of carbonyl (C=O) groups excluding carboxylic acids is 1. The second-order valence-corrected chi connectivity index (χ2v) is 3.44. The highest BCUT2D eigenvalue weighted by atomic mass is 16.7. The summed E-state index contributed by atoms with van der Waals surface area (Å²) in [7, 11) is 0. The highest BCUT2D eigenvalue weighted by Crippen LogP contribution is 1.92. The molecule has 0 aromatic heterocycles. The van der Waals surface area contributed by atoms with E-state index in [-0.39, 0.29) is 0 Å². The minimum atomic E-state index is -0.536. The van der Waals surface area contributed by atoms with E-state index >= 15 is 0 Å². The topological polar surface area (TPSA) is 73.6 Å². The van der Waals surface area contributed by atoms with Crippen molar-refractivity contribution in [2.24, 2.45) is 11.7 Å². The molecule has 0 unspecified atom stereocenters. The molecule has 0 rings (SSSR count). The lowest BCUT2D eigenvalue weighted by Gasteiger charge is -2.08. The van der Waals surface area contributed by atoms with E-state index in [2.05, 4.69) is 5.48 Å². The Morgan fingerprint density at radius 2 is 2.14 bits per heavy atom. The molecule has 14 heavy (non-hydrogen) atoms. The van der Waals surface area contributed by atoms with Gasteiger partial charge in [-0.25, -0.2) is 4.79 Å². The Hall–Kier alpha value is -0.810. The number of nitrogens with two attached hydrogens (primary N) is 1. The standard InChI is InChI=1S/C9H20N2O3/c1-8(2)7-13-9(12)11-14-6-4-3-5-10/h8H,3-7,10H2,1-2H3,(H,11,12). The molecule has 0 bridgehead atoms. The summed E-state index contributed by atoms with van der Waals surface area (Å²) < 4.78 is 4.81. The van der Waals surface area contributed by atoms with Gasteiger partial charge in [0, 0.05) is 0 Å². The van der Waals surface area contributed by atoms with Crippen LogP contribution in [0.3, 0.4) is 0 Å². The van der Waals surface area contributed by atoms with E-state index in [1.165, 1.54) is 0 Å². The van der Waals surface area contributed by atoms with Gasteiger partial charge in [0.05, 0.1) is 13.2 Å². The zero-order valence-electron chi connectivity index (χ0n) is 8.91. The second-order valence-electron chi connectivity index (χ2n) is 3.44. The maximum Gasteiger partial charge on any atom is 0.431 e. The molecular formula is C9H20N2O3. The number of unbranched alkanes of at least 4 members (excludes halogenated alkanes) is 1. The predicted molar refractivity (Wildman–Crippen MR) is 53.6 cm³/mol. The van der Waals surface area contributed by atoms with Gasteiger partial charge >= 0.3 is 6.09 Å². The highest BCUT2D eigenvalue weighted by molar-refractivity contribution is 5.65. The van der Waals surface area contributed by atoms with E-state index < -0.39 is 6.09 Å². The summed E-state index contributed by atoms with van der Waals surface area (Å²) in [6, 6.07) is 0. The SMILES string of the molecule is CC(C)COC(=O)NOCCCCN. The molecule has 0 fully saturated rings. The van der Waals surface area contributed by atoms with Gasteiger partial charge in [0.2, 0.25) is 0 Å². The van der Waals surface area contributed by atoms with Crippen molar-refractivity contribution in [1.82, 2.24) is 5.48 Å². The molecule has 5 nitrogen and oxygen atoms in total. The summed E-state index contributed by atoms with van der Waals surface area (Å²) in [6.07, 6.45) is 1.19. The van der Waals surface area contributed by atoms with Gasteiger partial charge in [-0.15, -0.1) is 0 Å².